The minimum Gasteiger partial charge on any atom is -0.310 e. The predicted molar refractivity (Wildman–Crippen MR) is 85.4 cm³/mol. The van der Waals surface area contributed by atoms with Crippen LogP contribution in [0.15, 0.2) is 28.7 Å². The fourth-order valence-electron chi connectivity index (χ4n) is 2.71. The Morgan fingerprint density at radius 1 is 1.37 bits per heavy atom. The molecule has 2 rings (SSSR count). The molecule has 0 spiro atoms. The number of benzene rings is 1. The first-order valence-corrected chi connectivity index (χ1v) is 8.19. The van der Waals surface area contributed by atoms with Crippen molar-refractivity contribution in [2.45, 2.75) is 44.7 Å². The van der Waals surface area contributed by atoms with Crippen LogP contribution in [0.3, 0.4) is 0 Å². The van der Waals surface area contributed by atoms with Crippen molar-refractivity contribution in [2.24, 2.45) is 0 Å². The number of halogens is 1. The summed E-state index contributed by atoms with van der Waals surface area (Å²) in [4.78, 5) is 2.53. The highest BCUT2D eigenvalue weighted by molar-refractivity contribution is 9.10. The van der Waals surface area contributed by atoms with E-state index in [2.05, 4.69) is 64.4 Å². The van der Waals surface area contributed by atoms with Crippen LogP contribution < -0.4 is 5.32 Å². The summed E-state index contributed by atoms with van der Waals surface area (Å²) < 4.78 is 1.22. The van der Waals surface area contributed by atoms with Crippen LogP contribution in [-0.4, -0.2) is 31.1 Å². The largest absolute Gasteiger partial charge is 0.310 e. The van der Waals surface area contributed by atoms with Crippen molar-refractivity contribution in [3.63, 3.8) is 0 Å². The van der Waals surface area contributed by atoms with Crippen LogP contribution in [0.25, 0.3) is 0 Å². The van der Waals surface area contributed by atoms with Gasteiger partial charge in [-0.3, -0.25) is 0 Å². The lowest BCUT2D eigenvalue weighted by atomic mass is 9.91. The molecule has 0 heterocycles. The van der Waals surface area contributed by atoms with E-state index >= 15 is 0 Å². The maximum Gasteiger partial charge on any atom is 0.0343 e. The average molecular weight is 325 g/mol. The summed E-state index contributed by atoms with van der Waals surface area (Å²) in [5, 5.41) is 3.61. The van der Waals surface area contributed by atoms with Gasteiger partial charge in [0.25, 0.3) is 0 Å². The molecule has 3 heteroatoms. The van der Waals surface area contributed by atoms with Crippen LogP contribution in [0.2, 0.25) is 0 Å². The summed E-state index contributed by atoms with van der Waals surface area (Å²) in [6.07, 6.45) is 5.36. The third-order valence-corrected chi connectivity index (χ3v) is 4.92. The molecule has 0 aromatic heterocycles. The smallest absolute Gasteiger partial charge is 0.0343 e. The van der Waals surface area contributed by atoms with E-state index < -0.39 is 0 Å². The lowest BCUT2D eigenvalue weighted by molar-refractivity contribution is 0.153. The molecule has 1 aliphatic carbocycles. The first kappa shape index (κ1) is 15.0. The fourth-order valence-corrected chi connectivity index (χ4v) is 3.28. The van der Waals surface area contributed by atoms with Gasteiger partial charge in [0, 0.05) is 16.6 Å². The molecule has 106 valence electrons. The molecular formula is C16H25BrN2. The maximum atomic E-state index is 3.67. The Bertz CT molecular complexity index is 390. The van der Waals surface area contributed by atoms with Gasteiger partial charge in [0.2, 0.25) is 0 Å². The van der Waals surface area contributed by atoms with Gasteiger partial charge in [-0.1, -0.05) is 47.5 Å². The zero-order valence-electron chi connectivity index (χ0n) is 12.0. The van der Waals surface area contributed by atoms with Gasteiger partial charge >= 0.3 is 0 Å². The third kappa shape index (κ3) is 4.04. The van der Waals surface area contributed by atoms with Gasteiger partial charge < -0.3 is 10.2 Å². The Hall–Kier alpha value is -0.380. The summed E-state index contributed by atoms with van der Waals surface area (Å²) in [6.45, 7) is 4.36. The highest BCUT2D eigenvalue weighted by atomic mass is 79.9. The average Bonchev–Trinajstić information content (AvgIpc) is 2.33. The topological polar surface area (TPSA) is 15.3 Å². The van der Waals surface area contributed by atoms with Crippen LogP contribution >= 0.6 is 15.9 Å². The van der Waals surface area contributed by atoms with E-state index in [1.54, 1.807) is 0 Å². The number of nitrogens with one attached hydrogen (secondary N) is 1. The lowest BCUT2D eigenvalue weighted by Gasteiger charge is -2.35. The lowest BCUT2D eigenvalue weighted by Crippen LogP contribution is -2.39. The number of nitrogens with zero attached hydrogens (tertiary/aromatic N) is 1. The van der Waals surface area contributed by atoms with Gasteiger partial charge in [0.1, 0.15) is 0 Å². The quantitative estimate of drug-likeness (QED) is 0.816. The molecule has 1 aromatic rings. The Balaban J connectivity index is 1.94. The molecular weight excluding hydrogens is 300 g/mol. The molecule has 1 aromatic carbocycles. The number of hydrogen-bond acceptors (Lipinski definition) is 2. The Morgan fingerprint density at radius 2 is 2.11 bits per heavy atom. The van der Waals surface area contributed by atoms with Crippen molar-refractivity contribution in [1.82, 2.24) is 10.2 Å². The molecule has 1 saturated carbocycles. The molecule has 0 aliphatic heterocycles. The van der Waals surface area contributed by atoms with Gasteiger partial charge in [0.15, 0.2) is 0 Å². The third-order valence-electron chi connectivity index (χ3n) is 4.20. The van der Waals surface area contributed by atoms with Crippen LogP contribution in [0.1, 0.15) is 44.2 Å². The number of rotatable bonds is 7. The molecule has 1 aliphatic rings. The summed E-state index contributed by atoms with van der Waals surface area (Å²) in [5.41, 5.74) is 1.38. The van der Waals surface area contributed by atoms with Crippen molar-refractivity contribution >= 4 is 15.9 Å². The van der Waals surface area contributed by atoms with Crippen molar-refractivity contribution in [3.05, 3.63) is 34.3 Å². The van der Waals surface area contributed by atoms with E-state index in [9.17, 15) is 0 Å². The molecule has 1 atom stereocenters. The molecule has 2 nitrogen and oxygen atoms in total. The number of hydrogen-bond donors (Lipinski definition) is 1. The second kappa shape index (κ2) is 7.41. The van der Waals surface area contributed by atoms with Crippen LogP contribution in [0.4, 0.5) is 0 Å². The Kier molecular flexibility index (Phi) is 5.86. The first-order valence-electron chi connectivity index (χ1n) is 7.40. The van der Waals surface area contributed by atoms with Crippen molar-refractivity contribution < 1.29 is 0 Å². The Labute approximate surface area is 125 Å². The summed E-state index contributed by atoms with van der Waals surface area (Å²) >= 11 is 3.67. The van der Waals surface area contributed by atoms with Crippen molar-refractivity contribution in [3.8, 4) is 0 Å². The highest BCUT2D eigenvalue weighted by Crippen LogP contribution is 2.28. The van der Waals surface area contributed by atoms with E-state index in [0.717, 1.165) is 12.6 Å². The van der Waals surface area contributed by atoms with Crippen LogP contribution in [-0.2, 0) is 0 Å². The normalized spacial score (nSPS) is 17.5. The van der Waals surface area contributed by atoms with Crippen LogP contribution in [0.5, 0.6) is 0 Å². The molecule has 0 amide bonds. The molecule has 1 fully saturated rings. The SMILES string of the molecule is CCNC(CCN(C)C1CCC1)c1ccccc1Br. The zero-order valence-corrected chi connectivity index (χ0v) is 13.6. The molecule has 19 heavy (non-hydrogen) atoms. The van der Waals surface area contributed by atoms with Gasteiger partial charge in [-0.15, -0.1) is 0 Å². The summed E-state index contributed by atoms with van der Waals surface area (Å²) in [7, 11) is 2.27. The van der Waals surface area contributed by atoms with Gasteiger partial charge in [-0.05, 0) is 51.0 Å². The maximum absolute atomic E-state index is 3.67. The van der Waals surface area contributed by atoms with E-state index in [-0.39, 0.29) is 0 Å². The Morgan fingerprint density at radius 3 is 2.68 bits per heavy atom. The summed E-state index contributed by atoms with van der Waals surface area (Å²) in [6, 6.07) is 9.84. The van der Waals surface area contributed by atoms with E-state index in [4.69, 9.17) is 0 Å². The van der Waals surface area contributed by atoms with E-state index in [0.29, 0.717) is 6.04 Å². The van der Waals surface area contributed by atoms with E-state index in [1.807, 2.05) is 0 Å². The van der Waals surface area contributed by atoms with Gasteiger partial charge in [-0.2, -0.15) is 0 Å². The van der Waals surface area contributed by atoms with E-state index in [1.165, 1.54) is 42.3 Å². The van der Waals surface area contributed by atoms with Gasteiger partial charge in [-0.25, -0.2) is 0 Å². The predicted octanol–water partition coefficient (Wildman–Crippen LogP) is 3.97. The standard InChI is InChI=1S/C16H25BrN2/c1-3-18-16(14-9-4-5-10-15(14)17)11-12-19(2)13-7-6-8-13/h4-5,9-10,13,16,18H,3,6-8,11-12H2,1-2H3. The zero-order chi connectivity index (χ0) is 13.7. The fraction of sp³-hybridized carbons (Fsp3) is 0.625. The highest BCUT2D eigenvalue weighted by Gasteiger charge is 2.22. The molecule has 0 bridgehead atoms. The van der Waals surface area contributed by atoms with Crippen molar-refractivity contribution in [2.75, 3.05) is 20.1 Å². The molecule has 1 N–H and O–H groups in total. The van der Waals surface area contributed by atoms with Crippen molar-refractivity contribution in [1.29, 1.82) is 0 Å². The first-order chi connectivity index (χ1) is 9.22. The molecule has 1 unspecified atom stereocenters. The monoisotopic (exact) mass is 324 g/mol. The molecule has 0 radical (unpaired) electrons. The second-order valence-corrected chi connectivity index (χ2v) is 6.34. The van der Waals surface area contributed by atoms with Gasteiger partial charge in [0.05, 0.1) is 0 Å². The summed E-state index contributed by atoms with van der Waals surface area (Å²) in [5.74, 6) is 0. The second-order valence-electron chi connectivity index (χ2n) is 5.49. The molecule has 0 saturated heterocycles. The minimum absolute atomic E-state index is 0.447. The minimum atomic E-state index is 0.447. The van der Waals surface area contributed by atoms with Crippen LogP contribution in [0, 0.1) is 0 Å².